The fourth-order valence-electron chi connectivity index (χ4n) is 0.926. The van der Waals surface area contributed by atoms with E-state index in [0.717, 1.165) is 13.0 Å². The Balaban J connectivity index is 2.41. The highest BCUT2D eigenvalue weighted by Crippen LogP contribution is 2.08. The Bertz CT molecular complexity index is 283. The number of anilines is 2. The van der Waals surface area contributed by atoms with E-state index in [4.69, 9.17) is 5.73 Å². The van der Waals surface area contributed by atoms with E-state index < -0.39 is 0 Å². The lowest BCUT2D eigenvalue weighted by atomic mass is 10.4. The highest BCUT2D eigenvalue weighted by molar-refractivity contribution is 5.54. The van der Waals surface area contributed by atoms with E-state index in [9.17, 15) is 0 Å². The molecule has 4 heteroatoms. The summed E-state index contributed by atoms with van der Waals surface area (Å²) < 4.78 is 0. The maximum absolute atomic E-state index is 5.58. The second kappa shape index (κ2) is 5.13. The highest BCUT2D eigenvalue weighted by atomic mass is 15.0. The normalized spacial score (nSPS) is 10.5. The molecule has 0 atom stereocenters. The molecule has 0 amide bonds. The van der Waals surface area contributed by atoms with E-state index in [1.54, 1.807) is 12.4 Å². The Morgan fingerprint density at radius 2 is 2.23 bits per heavy atom. The molecule has 1 heterocycles. The van der Waals surface area contributed by atoms with Crippen LogP contribution in [-0.2, 0) is 0 Å². The summed E-state index contributed by atoms with van der Waals surface area (Å²) in [7, 11) is 0. The van der Waals surface area contributed by atoms with Gasteiger partial charge in [0.05, 0.1) is 0 Å². The van der Waals surface area contributed by atoms with Crippen LogP contribution in [0.15, 0.2) is 24.5 Å². The van der Waals surface area contributed by atoms with Crippen LogP contribution < -0.4 is 11.1 Å². The van der Waals surface area contributed by atoms with Crippen molar-refractivity contribution in [2.45, 2.75) is 13.3 Å². The molecule has 0 spiro atoms. The van der Waals surface area contributed by atoms with Crippen LogP contribution in [0.4, 0.5) is 11.6 Å². The number of nitrogens with two attached hydrogens (primary N) is 1. The summed E-state index contributed by atoms with van der Waals surface area (Å²) in [4.78, 5) is 7.97. The number of allylic oxidation sites excluding steroid dienone is 1. The molecule has 1 aromatic heterocycles. The standard InChI is InChI=1S/C9H14N4/c1-2-3-4-5-12-9-8(10)11-6-7-13-9/h2-3,6-7H,4-5H2,1H3,(H2,10,11)(H,12,13)/b3-2+. The minimum absolute atomic E-state index is 0.447. The van der Waals surface area contributed by atoms with Gasteiger partial charge in [0.25, 0.3) is 0 Å². The van der Waals surface area contributed by atoms with Crippen molar-refractivity contribution in [2.24, 2.45) is 0 Å². The van der Waals surface area contributed by atoms with Crippen LogP contribution in [0, 0.1) is 0 Å². The number of nitrogens with zero attached hydrogens (tertiary/aromatic N) is 2. The van der Waals surface area contributed by atoms with Gasteiger partial charge in [0.2, 0.25) is 0 Å². The van der Waals surface area contributed by atoms with Gasteiger partial charge in [-0.15, -0.1) is 0 Å². The van der Waals surface area contributed by atoms with Crippen molar-refractivity contribution in [2.75, 3.05) is 17.6 Å². The van der Waals surface area contributed by atoms with Crippen LogP contribution in [-0.4, -0.2) is 16.5 Å². The zero-order valence-corrected chi connectivity index (χ0v) is 7.70. The zero-order chi connectivity index (χ0) is 9.52. The summed E-state index contributed by atoms with van der Waals surface area (Å²) >= 11 is 0. The molecule has 1 aromatic rings. The molecule has 4 nitrogen and oxygen atoms in total. The first-order valence-corrected chi connectivity index (χ1v) is 4.26. The number of nitrogens with one attached hydrogen (secondary N) is 1. The van der Waals surface area contributed by atoms with E-state index in [1.807, 2.05) is 13.0 Å². The molecule has 13 heavy (non-hydrogen) atoms. The number of rotatable bonds is 4. The fraction of sp³-hybridized carbons (Fsp3) is 0.333. The molecule has 3 N–H and O–H groups in total. The van der Waals surface area contributed by atoms with Crippen LogP contribution >= 0.6 is 0 Å². The van der Waals surface area contributed by atoms with E-state index >= 15 is 0 Å². The van der Waals surface area contributed by atoms with Crippen molar-refractivity contribution >= 4 is 11.6 Å². The molecule has 1 rings (SSSR count). The topological polar surface area (TPSA) is 63.8 Å². The molecule has 0 unspecified atom stereocenters. The van der Waals surface area contributed by atoms with Gasteiger partial charge in [-0.25, -0.2) is 9.97 Å². The van der Waals surface area contributed by atoms with E-state index in [-0.39, 0.29) is 0 Å². The summed E-state index contributed by atoms with van der Waals surface area (Å²) in [5.41, 5.74) is 5.58. The summed E-state index contributed by atoms with van der Waals surface area (Å²) in [6.07, 6.45) is 8.26. The van der Waals surface area contributed by atoms with Gasteiger partial charge in [0, 0.05) is 18.9 Å². The van der Waals surface area contributed by atoms with Crippen molar-refractivity contribution in [3.8, 4) is 0 Å². The lowest BCUT2D eigenvalue weighted by Crippen LogP contribution is -2.06. The third-order valence-corrected chi connectivity index (χ3v) is 1.57. The molecule has 0 aliphatic rings. The first kappa shape index (κ1) is 9.51. The first-order chi connectivity index (χ1) is 6.34. The number of nitrogen functional groups attached to an aromatic ring is 1. The van der Waals surface area contributed by atoms with Gasteiger partial charge in [-0.3, -0.25) is 0 Å². The molecule has 0 saturated heterocycles. The monoisotopic (exact) mass is 178 g/mol. The number of hydrogen-bond donors (Lipinski definition) is 2. The van der Waals surface area contributed by atoms with Gasteiger partial charge in [-0.05, 0) is 13.3 Å². The van der Waals surface area contributed by atoms with E-state index in [0.29, 0.717) is 11.6 Å². The fourth-order valence-corrected chi connectivity index (χ4v) is 0.926. The summed E-state index contributed by atoms with van der Waals surface area (Å²) in [5.74, 6) is 1.11. The Kier molecular flexibility index (Phi) is 3.75. The minimum Gasteiger partial charge on any atom is -0.381 e. The Hall–Kier alpha value is -1.58. The minimum atomic E-state index is 0.447. The average Bonchev–Trinajstić information content (AvgIpc) is 2.15. The molecular formula is C9H14N4. The van der Waals surface area contributed by atoms with Crippen LogP contribution in [0.25, 0.3) is 0 Å². The number of aromatic nitrogens is 2. The SMILES string of the molecule is C/C=C/CCNc1nccnc1N. The van der Waals surface area contributed by atoms with Gasteiger partial charge in [0.1, 0.15) is 0 Å². The Morgan fingerprint density at radius 3 is 2.92 bits per heavy atom. The van der Waals surface area contributed by atoms with Gasteiger partial charge < -0.3 is 11.1 Å². The summed E-state index contributed by atoms with van der Waals surface area (Å²) in [6, 6.07) is 0. The molecule has 70 valence electrons. The highest BCUT2D eigenvalue weighted by Gasteiger charge is 1.97. The molecule has 0 fully saturated rings. The Labute approximate surface area is 77.9 Å². The van der Waals surface area contributed by atoms with E-state index in [2.05, 4.69) is 21.4 Å². The first-order valence-electron chi connectivity index (χ1n) is 4.26. The molecular weight excluding hydrogens is 164 g/mol. The zero-order valence-electron chi connectivity index (χ0n) is 7.70. The molecule has 0 bridgehead atoms. The quantitative estimate of drug-likeness (QED) is 0.541. The third kappa shape index (κ3) is 3.11. The second-order valence-electron chi connectivity index (χ2n) is 2.57. The number of hydrogen-bond acceptors (Lipinski definition) is 4. The largest absolute Gasteiger partial charge is 0.381 e. The second-order valence-corrected chi connectivity index (χ2v) is 2.57. The van der Waals surface area contributed by atoms with Crippen molar-refractivity contribution in [1.29, 1.82) is 0 Å². The van der Waals surface area contributed by atoms with Crippen molar-refractivity contribution < 1.29 is 0 Å². The molecule has 0 aliphatic heterocycles. The molecule has 0 radical (unpaired) electrons. The Morgan fingerprint density at radius 1 is 1.46 bits per heavy atom. The van der Waals surface area contributed by atoms with Crippen molar-refractivity contribution in [3.63, 3.8) is 0 Å². The van der Waals surface area contributed by atoms with Crippen LogP contribution in [0.2, 0.25) is 0 Å². The molecule has 0 aromatic carbocycles. The van der Waals surface area contributed by atoms with Gasteiger partial charge in [-0.2, -0.15) is 0 Å². The lowest BCUT2D eigenvalue weighted by Gasteiger charge is -2.04. The summed E-state index contributed by atoms with van der Waals surface area (Å²) in [6.45, 7) is 2.82. The maximum atomic E-state index is 5.58. The summed E-state index contributed by atoms with van der Waals surface area (Å²) in [5, 5.41) is 3.10. The maximum Gasteiger partial charge on any atom is 0.168 e. The predicted molar refractivity (Wildman–Crippen MR) is 54.4 cm³/mol. The van der Waals surface area contributed by atoms with Crippen LogP contribution in [0.5, 0.6) is 0 Å². The average molecular weight is 178 g/mol. The van der Waals surface area contributed by atoms with Crippen LogP contribution in [0.3, 0.4) is 0 Å². The van der Waals surface area contributed by atoms with E-state index in [1.165, 1.54) is 0 Å². The molecule has 0 saturated carbocycles. The van der Waals surface area contributed by atoms with Gasteiger partial charge >= 0.3 is 0 Å². The predicted octanol–water partition coefficient (Wildman–Crippen LogP) is 1.44. The lowest BCUT2D eigenvalue weighted by molar-refractivity contribution is 1.04. The molecule has 0 aliphatic carbocycles. The van der Waals surface area contributed by atoms with Gasteiger partial charge in [0.15, 0.2) is 11.6 Å². The van der Waals surface area contributed by atoms with Gasteiger partial charge in [-0.1, -0.05) is 12.2 Å². The van der Waals surface area contributed by atoms with Crippen LogP contribution in [0.1, 0.15) is 13.3 Å². The third-order valence-electron chi connectivity index (χ3n) is 1.57. The smallest absolute Gasteiger partial charge is 0.168 e. The van der Waals surface area contributed by atoms with Crippen molar-refractivity contribution in [3.05, 3.63) is 24.5 Å². The van der Waals surface area contributed by atoms with Crippen molar-refractivity contribution in [1.82, 2.24) is 9.97 Å².